The van der Waals surface area contributed by atoms with Crippen molar-refractivity contribution in [2.24, 2.45) is 5.92 Å². The standard InChI is InChI=1S/C40H39N9O5/c41-36-34-35(25-6-9-29(10-7-25)54-28-4-2-1-3-5-28)45-49(37(34)43-23-42-36)26-15-17-46(18-16-26)21-24-14-19-47(22-24)27-8-11-30-31(20-27)40(53)48(39(30)52)32-12-13-33(50)44-38(32)51/h1-11,20,23-24,26,32H,12-19,21-22H2,(H2,41,42,43)(H,44,50,51). The van der Waals surface area contributed by atoms with Gasteiger partial charge in [0.15, 0.2) is 5.65 Å². The van der Waals surface area contributed by atoms with Crippen LogP contribution in [0.15, 0.2) is 79.1 Å². The average molecular weight is 726 g/mol. The molecule has 54 heavy (non-hydrogen) atoms. The molecule has 4 aliphatic rings. The zero-order chi connectivity index (χ0) is 36.9. The number of anilines is 2. The first-order valence-electron chi connectivity index (χ1n) is 18.5. The highest BCUT2D eigenvalue weighted by molar-refractivity contribution is 6.23. The summed E-state index contributed by atoms with van der Waals surface area (Å²) >= 11 is 0. The van der Waals surface area contributed by atoms with Crippen LogP contribution in [0.2, 0.25) is 0 Å². The number of fused-ring (bicyclic) bond motifs is 2. The van der Waals surface area contributed by atoms with Crippen molar-refractivity contribution in [3.8, 4) is 22.8 Å². The van der Waals surface area contributed by atoms with E-state index < -0.39 is 29.7 Å². The summed E-state index contributed by atoms with van der Waals surface area (Å²) in [5.74, 6) is 0.382. The van der Waals surface area contributed by atoms with Crippen LogP contribution in [-0.4, -0.2) is 91.9 Å². The lowest BCUT2D eigenvalue weighted by Gasteiger charge is -2.33. The highest BCUT2D eigenvalue weighted by Crippen LogP contribution is 2.37. The number of aromatic nitrogens is 4. The molecule has 0 spiro atoms. The molecule has 3 N–H and O–H groups in total. The molecule has 2 atom stereocenters. The van der Waals surface area contributed by atoms with Gasteiger partial charge in [-0.1, -0.05) is 18.2 Å². The highest BCUT2D eigenvalue weighted by atomic mass is 16.5. The van der Waals surface area contributed by atoms with Crippen molar-refractivity contribution < 1.29 is 23.9 Å². The lowest BCUT2D eigenvalue weighted by molar-refractivity contribution is -0.136. The van der Waals surface area contributed by atoms with Crippen LogP contribution in [0, 0.1) is 5.92 Å². The van der Waals surface area contributed by atoms with E-state index in [-0.39, 0.29) is 18.9 Å². The Morgan fingerprint density at radius 3 is 2.35 bits per heavy atom. The van der Waals surface area contributed by atoms with Gasteiger partial charge in [-0.15, -0.1) is 0 Å². The zero-order valence-corrected chi connectivity index (χ0v) is 29.6. The lowest BCUT2D eigenvalue weighted by atomic mass is 10.0. The fraction of sp³-hybridized carbons (Fsp3) is 0.325. The molecule has 14 nitrogen and oxygen atoms in total. The predicted molar refractivity (Wildman–Crippen MR) is 200 cm³/mol. The Morgan fingerprint density at radius 1 is 0.815 bits per heavy atom. The predicted octanol–water partition coefficient (Wildman–Crippen LogP) is 4.43. The van der Waals surface area contributed by atoms with Crippen molar-refractivity contribution in [1.29, 1.82) is 0 Å². The minimum absolute atomic E-state index is 0.0919. The summed E-state index contributed by atoms with van der Waals surface area (Å²) in [7, 11) is 0. The molecule has 4 aliphatic heterocycles. The van der Waals surface area contributed by atoms with Crippen LogP contribution in [0.1, 0.15) is 58.9 Å². The van der Waals surface area contributed by atoms with Gasteiger partial charge in [0.05, 0.1) is 22.6 Å². The van der Waals surface area contributed by atoms with Crippen molar-refractivity contribution >= 4 is 46.2 Å². The van der Waals surface area contributed by atoms with E-state index in [0.29, 0.717) is 22.9 Å². The summed E-state index contributed by atoms with van der Waals surface area (Å²) in [4.78, 5) is 65.4. The SMILES string of the molecule is Nc1ncnc2c1c(-c1ccc(Oc3ccccc3)cc1)nn2C1CCN(CC2CCN(c3ccc4c(c3)C(=O)N(C3CCC(=O)NC3=O)C4=O)C2)CC1. The first kappa shape index (κ1) is 33.7. The number of hydrogen-bond acceptors (Lipinski definition) is 11. The fourth-order valence-electron chi connectivity index (χ4n) is 8.34. The summed E-state index contributed by atoms with van der Waals surface area (Å²) in [5, 5.41) is 8.09. The van der Waals surface area contributed by atoms with E-state index in [1.54, 1.807) is 12.1 Å². The van der Waals surface area contributed by atoms with E-state index in [2.05, 4.69) is 25.1 Å². The van der Waals surface area contributed by atoms with E-state index in [0.717, 1.165) is 96.4 Å². The van der Waals surface area contributed by atoms with Crippen LogP contribution in [0.25, 0.3) is 22.3 Å². The molecule has 0 aliphatic carbocycles. The Hall–Kier alpha value is -6.15. The molecular formula is C40H39N9O5. The number of nitrogens with two attached hydrogens (primary N) is 1. The Morgan fingerprint density at radius 2 is 1.57 bits per heavy atom. The number of nitrogen functional groups attached to an aromatic ring is 1. The minimum atomic E-state index is -0.974. The van der Waals surface area contributed by atoms with E-state index in [1.807, 2.05) is 65.3 Å². The molecule has 2 unspecified atom stereocenters. The van der Waals surface area contributed by atoms with Crippen molar-refractivity contribution in [2.75, 3.05) is 43.4 Å². The molecule has 4 amide bonds. The number of imide groups is 2. The van der Waals surface area contributed by atoms with Crippen LogP contribution >= 0.6 is 0 Å². The zero-order valence-electron chi connectivity index (χ0n) is 29.6. The Balaban J connectivity index is 0.835. The van der Waals surface area contributed by atoms with Crippen molar-refractivity contribution in [1.82, 2.24) is 34.9 Å². The van der Waals surface area contributed by atoms with Gasteiger partial charge in [0.1, 0.15) is 35.4 Å². The Labute approximate surface area is 310 Å². The number of rotatable bonds is 8. The topological polar surface area (TPSA) is 169 Å². The molecule has 0 bridgehead atoms. The summed E-state index contributed by atoms with van der Waals surface area (Å²) in [5.41, 5.74) is 10.3. The van der Waals surface area contributed by atoms with Gasteiger partial charge in [-0.2, -0.15) is 5.10 Å². The van der Waals surface area contributed by atoms with Gasteiger partial charge in [-0.3, -0.25) is 29.4 Å². The third-order valence-corrected chi connectivity index (χ3v) is 11.1. The molecule has 0 saturated carbocycles. The minimum Gasteiger partial charge on any atom is -0.457 e. The summed E-state index contributed by atoms with van der Waals surface area (Å²) in [6.07, 6.45) is 4.59. The van der Waals surface area contributed by atoms with Gasteiger partial charge in [-0.05, 0) is 86.2 Å². The van der Waals surface area contributed by atoms with Crippen LogP contribution in [0.3, 0.4) is 0 Å². The van der Waals surface area contributed by atoms with Crippen LogP contribution in [-0.2, 0) is 9.59 Å². The van der Waals surface area contributed by atoms with E-state index in [9.17, 15) is 19.2 Å². The number of piperidine rings is 2. The van der Waals surface area contributed by atoms with Gasteiger partial charge in [-0.25, -0.2) is 14.6 Å². The molecule has 274 valence electrons. The molecule has 6 heterocycles. The van der Waals surface area contributed by atoms with Crippen LogP contribution in [0.5, 0.6) is 11.5 Å². The summed E-state index contributed by atoms with van der Waals surface area (Å²) in [6, 6.07) is 22.0. The van der Waals surface area contributed by atoms with Crippen molar-refractivity contribution in [3.05, 3.63) is 90.3 Å². The average Bonchev–Trinajstić information content (AvgIpc) is 3.88. The first-order chi connectivity index (χ1) is 26.3. The summed E-state index contributed by atoms with van der Waals surface area (Å²) < 4.78 is 8.03. The molecule has 2 aromatic heterocycles. The number of carbonyl (C=O) groups excluding carboxylic acids is 4. The number of ether oxygens (including phenoxy) is 1. The normalized spacial score (nSPS) is 20.9. The number of para-hydroxylation sites is 1. The van der Waals surface area contributed by atoms with E-state index >= 15 is 0 Å². The monoisotopic (exact) mass is 725 g/mol. The maximum Gasteiger partial charge on any atom is 0.262 e. The highest BCUT2D eigenvalue weighted by Gasteiger charge is 2.45. The number of benzene rings is 3. The molecule has 9 rings (SSSR count). The third kappa shape index (κ3) is 6.11. The van der Waals surface area contributed by atoms with E-state index in [4.69, 9.17) is 15.6 Å². The second-order valence-corrected chi connectivity index (χ2v) is 14.5. The molecule has 0 radical (unpaired) electrons. The molecule has 3 fully saturated rings. The largest absolute Gasteiger partial charge is 0.457 e. The maximum atomic E-state index is 13.4. The first-order valence-corrected chi connectivity index (χ1v) is 18.5. The molecular weight excluding hydrogens is 686 g/mol. The van der Waals surface area contributed by atoms with Crippen molar-refractivity contribution in [2.45, 2.75) is 44.2 Å². The lowest BCUT2D eigenvalue weighted by Crippen LogP contribution is -2.54. The molecule has 14 heteroatoms. The van der Waals surface area contributed by atoms with Crippen LogP contribution in [0.4, 0.5) is 11.5 Å². The van der Waals surface area contributed by atoms with Gasteiger partial charge < -0.3 is 20.3 Å². The third-order valence-electron chi connectivity index (χ3n) is 11.1. The van der Waals surface area contributed by atoms with Gasteiger partial charge in [0.2, 0.25) is 11.8 Å². The number of nitrogens with zero attached hydrogens (tertiary/aromatic N) is 7. The number of nitrogens with one attached hydrogen (secondary N) is 1. The van der Waals surface area contributed by atoms with Gasteiger partial charge in [0.25, 0.3) is 11.8 Å². The molecule has 5 aromatic rings. The Bertz CT molecular complexity index is 2280. The maximum absolute atomic E-state index is 13.4. The summed E-state index contributed by atoms with van der Waals surface area (Å²) in [6.45, 7) is 4.51. The second-order valence-electron chi connectivity index (χ2n) is 14.5. The molecule has 3 saturated heterocycles. The number of carbonyl (C=O) groups is 4. The second kappa shape index (κ2) is 13.7. The number of amides is 4. The molecule has 3 aromatic carbocycles. The van der Waals surface area contributed by atoms with Gasteiger partial charge in [0, 0.05) is 50.4 Å². The van der Waals surface area contributed by atoms with Crippen LogP contribution < -0.4 is 20.7 Å². The van der Waals surface area contributed by atoms with Gasteiger partial charge >= 0.3 is 0 Å². The number of hydrogen-bond donors (Lipinski definition) is 2. The van der Waals surface area contributed by atoms with E-state index in [1.165, 1.54) is 6.33 Å². The number of likely N-dealkylation sites (tertiary alicyclic amines) is 1. The smallest absolute Gasteiger partial charge is 0.262 e. The quantitative estimate of drug-likeness (QED) is 0.217. The van der Waals surface area contributed by atoms with Crippen molar-refractivity contribution in [3.63, 3.8) is 0 Å². The Kier molecular flexibility index (Phi) is 8.53. The fourth-order valence-corrected chi connectivity index (χ4v) is 8.34.